The van der Waals surface area contributed by atoms with Crippen LogP contribution in [0.5, 0.6) is 17.2 Å². The molecule has 6 nitrogen and oxygen atoms in total. The first-order valence-electron chi connectivity index (χ1n) is 10.7. The Bertz CT molecular complexity index is 1180. The van der Waals surface area contributed by atoms with E-state index in [2.05, 4.69) is 0 Å². The van der Waals surface area contributed by atoms with Crippen LogP contribution in [0.1, 0.15) is 23.6 Å². The van der Waals surface area contributed by atoms with Gasteiger partial charge >= 0.3 is 0 Å². The molecule has 34 heavy (non-hydrogen) atoms. The Labute approximate surface area is 208 Å². The van der Waals surface area contributed by atoms with E-state index in [4.69, 9.17) is 30.9 Å². The number of halogens is 1. The zero-order valence-corrected chi connectivity index (χ0v) is 20.7. The normalized spacial score (nSPS) is 15.1. The molecule has 3 aromatic carbocycles. The molecule has 1 aliphatic heterocycles. The van der Waals surface area contributed by atoms with E-state index >= 15 is 0 Å². The summed E-state index contributed by atoms with van der Waals surface area (Å²) in [6, 6.07) is 20.5. The SMILES string of the molecule is COc1ccc(C2=NN(C(=O)CSc3ccc(Cl)cc3)[C@@H](c3cccc(OC)c3OC)C2)cc1. The number of methoxy groups -OCH3 is 3. The van der Waals surface area contributed by atoms with Crippen LogP contribution in [0.25, 0.3) is 0 Å². The Hall–Kier alpha value is -3.16. The van der Waals surface area contributed by atoms with Crippen molar-refractivity contribution in [1.29, 1.82) is 0 Å². The monoisotopic (exact) mass is 496 g/mol. The minimum atomic E-state index is -0.319. The maximum absolute atomic E-state index is 13.4. The zero-order valence-electron chi connectivity index (χ0n) is 19.2. The third-order valence-electron chi connectivity index (χ3n) is 5.56. The lowest BCUT2D eigenvalue weighted by Crippen LogP contribution is -2.28. The first-order chi connectivity index (χ1) is 16.5. The molecule has 3 aromatic rings. The standard InChI is InChI=1S/C26H25ClN2O4S/c1-31-19-11-7-17(8-12-19)22-15-23(21-5-4-6-24(32-2)26(21)33-3)29(28-22)25(30)16-34-20-13-9-18(27)10-14-20/h4-14,23H,15-16H2,1-3H3/t23-/m1/s1. The molecule has 0 N–H and O–H groups in total. The van der Waals surface area contributed by atoms with Gasteiger partial charge in [-0.25, -0.2) is 5.01 Å². The van der Waals surface area contributed by atoms with Gasteiger partial charge in [-0.2, -0.15) is 5.10 Å². The minimum absolute atomic E-state index is 0.0988. The van der Waals surface area contributed by atoms with Crippen molar-refractivity contribution < 1.29 is 19.0 Å². The van der Waals surface area contributed by atoms with Gasteiger partial charge in [0.2, 0.25) is 0 Å². The zero-order chi connectivity index (χ0) is 24.1. The average Bonchev–Trinajstić information content (AvgIpc) is 3.33. The van der Waals surface area contributed by atoms with E-state index in [1.165, 1.54) is 11.8 Å². The van der Waals surface area contributed by atoms with Gasteiger partial charge in [0, 0.05) is 21.9 Å². The molecule has 0 fully saturated rings. The molecular weight excluding hydrogens is 472 g/mol. The van der Waals surface area contributed by atoms with Crippen LogP contribution in [-0.4, -0.2) is 43.7 Å². The van der Waals surface area contributed by atoms with Crippen LogP contribution in [0.3, 0.4) is 0 Å². The van der Waals surface area contributed by atoms with E-state index in [9.17, 15) is 4.79 Å². The molecule has 0 spiro atoms. The molecule has 0 unspecified atom stereocenters. The number of hydrogen-bond acceptors (Lipinski definition) is 6. The Kier molecular flexibility index (Phi) is 7.65. The van der Waals surface area contributed by atoms with Gasteiger partial charge in [0.15, 0.2) is 11.5 Å². The number of amides is 1. The lowest BCUT2D eigenvalue weighted by atomic mass is 9.97. The van der Waals surface area contributed by atoms with Gasteiger partial charge in [-0.1, -0.05) is 23.7 Å². The van der Waals surface area contributed by atoms with E-state index in [0.29, 0.717) is 22.9 Å². The van der Waals surface area contributed by atoms with E-state index in [0.717, 1.165) is 27.5 Å². The summed E-state index contributed by atoms with van der Waals surface area (Å²) >= 11 is 7.43. The molecule has 1 aliphatic rings. The highest BCUT2D eigenvalue weighted by atomic mass is 35.5. The van der Waals surface area contributed by atoms with E-state index in [1.807, 2.05) is 66.7 Å². The fraction of sp³-hybridized carbons (Fsp3) is 0.231. The van der Waals surface area contributed by atoms with Crippen LogP contribution in [0.2, 0.25) is 5.02 Å². The van der Waals surface area contributed by atoms with Gasteiger partial charge in [-0.05, 0) is 60.2 Å². The van der Waals surface area contributed by atoms with Crippen LogP contribution >= 0.6 is 23.4 Å². The van der Waals surface area contributed by atoms with Crippen LogP contribution in [0.4, 0.5) is 0 Å². The molecule has 1 amide bonds. The smallest absolute Gasteiger partial charge is 0.253 e. The third-order valence-corrected chi connectivity index (χ3v) is 6.81. The predicted octanol–water partition coefficient (Wildman–Crippen LogP) is 5.84. The largest absolute Gasteiger partial charge is 0.497 e. The summed E-state index contributed by atoms with van der Waals surface area (Å²) in [4.78, 5) is 14.3. The third kappa shape index (κ3) is 5.16. The van der Waals surface area contributed by atoms with Crippen LogP contribution in [0, 0.1) is 0 Å². The predicted molar refractivity (Wildman–Crippen MR) is 135 cm³/mol. The van der Waals surface area contributed by atoms with E-state index in [1.54, 1.807) is 26.3 Å². The number of thioether (sulfide) groups is 1. The van der Waals surface area contributed by atoms with Gasteiger partial charge in [0.1, 0.15) is 5.75 Å². The number of carbonyl (C=O) groups is 1. The number of ether oxygens (including phenoxy) is 3. The van der Waals surface area contributed by atoms with Crippen molar-refractivity contribution >= 4 is 35.0 Å². The molecule has 1 heterocycles. The summed E-state index contributed by atoms with van der Waals surface area (Å²) in [6.45, 7) is 0. The lowest BCUT2D eigenvalue weighted by molar-refractivity contribution is -0.130. The number of nitrogens with zero attached hydrogens (tertiary/aromatic N) is 2. The number of para-hydroxylation sites is 1. The van der Waals surface area contributed by atoms with Gasteiger partial charge in [-0.3, -0.25) is 4.79 Å². The van der Waals surface area contributed by atoms with Gasteiger partial charge < -0.3 is 14.2 Å². The van der Waals surface area contributed by atoms with Crippen molar-refractivity contribution in [3.05, 3.63) is 82.9 Å². The molecule has 0 radical (unpaired) electrons. The van der Waals surface area contributed by atoms with Crippen molar-refractivity contribution in [2.75, 3.05) is 27.1 Å². The Morgan fingerprint density at radius 2 is 1.74 bits per heavy atom. The average molecular weight is 497 g/mol. The quantitative estimate of drug-likeness (QED) is 0.367. The number of hydrogen-bond donors (Lipinski definition) is 0. The second-order valence-electron chi connectivity index (χ2n) is 7.56. The van der Waals surface area contributed by atoms with Gasteiger partial charge in [0.25, 0.3) is 5.91 Å². The second-order valence-corrected chi connectivity index (χ2v) is 9.04. The molecule has 176 valence electrons. The van der Waals surface area contributed by atoms with Crippen LogP contribution < -0.4 is 14.2 Å². The fourth-order valence-electron chi connectivity index (χ4n) is 3.86. The molecule has 1 atom stereocenters. The maximum atomic E-state index is 13.4. The Morgan fingerprint density at radius 1 is 1.00 bits per heavy atom. The van der Waals surface area contributed by atoms with Crippen molar-refractivity contribution in [3.63, 3.8) is 0 Å². The first-order valence-corrected chi connectivity index (χ1v) is 12.0. The summed E-state index contributed by atoms with van der Waals surface area (Å²) in [7, 11) is 4.83. The number of hydrazone groups is 1. The topological polar surface area (TPSA) is 60.4 Å². The van der Waals surface area contributed by atoms with Gasteiger partial charge in [0.05, 0.1) is 38.8 Å². The summed E-state index contributed by atoms with van der Waals surface area (Å²) in [5.41, 5.74) is 2.61. The maximum Gasteiger partial charge on any atom is 0.253 e. The van der Waals surface area contributed by atoms with Crippen molar-refractivity contribution in [2.45, 2.75) is 17.4 Å². The molecule has 4 rings (SSSR count). The molecule has 0 aromatic heterocycles. The summed E-state index contributed by atoms with van der Waals surface area (Å²) in [6.07, 6.45) is 0.549. The summed E-state index contributed by atoms with van der Waals surface area (Å²) in [5.74, 6) is 2.12. The minimum Gasteiger partial charge on any atom is -0.497 e. The Balaban J connectivity index is 1.65. The second kappa shape index (κ2) is 10.8. The summed E-state index contributed by atoms with van der Waals surface area (Å²) in [5, 5.41) is 6.99. The van der Waals surface area contributed by atoms with E-state index < -0.39 is 0 Å². The lowest BCUT2D eigenvalue weighted by Gasteiger charge is -2.24. The molecule has 0 saturated carbocycles. The summed E-state index contributed by atoms with van der Waals surface area (Å²) < 4.78 is 16.4. The van der Waals surface area contributed by atoms with Crippen molar-refractivity contribution in [3.8, 4) is 17.2 Å². The molecule has 0 aliphatic carbocycles. The molecule has 0 bridgehead atoms. The molecule has 8 heteroatoms. The van der Waals surface area contributed by atoms with Crippen LogP contribution in [0.15, 0.2) is 76.7 Å². The van der Waals surface area contributed by atoms with Crippen molar-refractivity contribution in [2.24, 2.45) is 5.10 Å². The first kappa shape index (κ1) is 24.0. The fourth-order valence-corrected chi connectivity index (χ4v) is 4.73. The highest BCUT2D eigenvalue weighted by molar-refractivity contribution is 8.00. The Morgan fingerprint density at radius 3 is 2.38 bits per heavy atom. The molecule has 0 saturated heterocycles. The van der Waals surface area contributed by atoms with Gasteiger partial charge in [-0.15, -0.1) is 11.8 Å². The number of carbonyl (C=O) groups excluding carboxylic acids is 1. The number of rotatable bonds is 8. The highest BCUT2D eigenvalue weighted by Gasteiger charge is 2.35. The van der Waals surface area contributed by atoms with Crippen LogP contribution in [-0.2, 0) is 4.79 Å². The molecular formula is C26H25ClN2O4S. The van der Waals surface area contributed by atoms with Crippen molar-refractivity contribution in [1.82, 2.24) is 5.01 Å². The highest BCUT2D eigenvalue weighted by Crippen LogP contribution is 2.42. The number of benzene rings is 3. The van der Waals surface area contributed by atoms with E-state index in [-0.39, 0.29) is 17.7 Å².